The molecule has 0 saturated carbocycles. The van der Waals surface area contributed by atoms with Gasteiger partial charge >= 0.3 is 0 Å². The first kappa shape index (κ1) is 25.6. The first-order valence-corrected chi connectivity index (χ1v) is 13.4. The van der Waals surface area contributed by atoms with Gasteiger partial charge in [0.1, 0.15) is 16.9 Å². The van der Waals surface area contributed by atoms with Crippen LogP contribution in [0.25, 0.3) is 10.8 Å². The van der Waals surface area contributed by atoms with Crippen LogP contribution in [0.15, 0.2) is 140 Å². The summed E-state index contributed by atoms with van der Waals surface area (Å²) < 4.78 is 13.9. The molecule has 6 aromatic rings. The van der Waals surface area contributed by atoms with Gasteiger partial charge in [-0.25, -0.2) is 4.98 Å². The van der Waals surface area contributed by atoms with Gasteiger partial charge in [0.05, 0.1) is 19.1 Å². The van der Waals surface area contributed by atoms with Gasteiger partial charge in [0.2, 0.25) is 0 Å². The van der Waals surface area contributed by atoms with E-state index in [4.69, 9.17) is 14.5 Å². The van der Waals surface area contributed by atoms with Gasteiger partial charge in [0.15, 0.2) is 0 Å². The summed E-state index contributed by atoms with van der Waals surface area (Å²) >= 11 is 0. The number of ether oxygens (including phenoxy) is 2. The van der Waals surface area contributed by atoms with Crippen LogP contribution in [0.4, 0.5) is 0 Å². The second kappa shape index (κ2) is 10.5. The van der Waals surface area contributed by atoms with Crippen LogP contribution in [-0.2, 0) is 15.9 Å². The smallest absolute Gasteiger partial charge is 0.133 e. The fourth-order valence-corrected chi connectivity index (χ4v) is 5.76. The molecule has 0 amide bonds. The summed E-state index contributed by atoms with van der Waals surface area (Å²) in [4.78, 5) is 5.00. The average Bonchev–Trinajstić information content (AvgIpc) is 3.53. The van der Waals surface area contributed by atoms with E-state index in [0.29, 0.717) is 0 Å². The molecule has 40 heavy (non-hydrogen) atoms. The Kier molecular flexibility index (Phi) is 6.71. The zero-order valence-electron chi connectivity index (χ0n) is 23.0. The van der Waals surface area contributed by atoms with Crippen molar-refractivity contribution in [2.75, 3.05) is 14.2 Å². The van der Waals surface area contributed by atoms with E-state index in [1.54, 1.807) is 14.2 Å². The Morgan fingerprint density at radius 3 is 1.65 bits per heavy atom. The van der Waals surface area contributed by atoms with Crippen LogP contribution >= 0.6 is 0 Å². The van der Waals surface area contributed by atoms with Crippen LogP contribution in [-0.4, -0.2) is 23.8 Å². The maximum Gasteiger partial charge on any atom is 0.133 e. The number of rotatable bonds is 8. The van der Waals surface area contributed by atoms with Gasteiger partial charge in [-0.3, -0.25) is 0 Å². The summed E-state index contributed by atoms with van der Waals surface area (Å²) in [6.07, 6.45) is 4.07. The Hall–Kier alpha value is -4.67. The highest BCUT2D eigenvalue weighted by molar-refractivity contribution is 5.84. The first-order chi connectivity index (χ1) is 19.6. The highest BCUT2D eigenvalue weighted by Gasteiger charge is 2.40. The minimum absolute atomic E-state index is 0.635. The predicted octanol–water partition coefficient (Wildman–Crippen LogP) is 7.80. The zero-order chi connectivity index (χ0) is 27.6. The molecule has 5 aromatic carbocycles. The van der Waals surface area contributed by atoms with Gasteiger partial charge in [0.25, 0.3) is 0 Å². The average molecular weight is 525 g/mol. The van der Waals surface area contributed by atoms with Crippen molar-refractivity contribution < 1.29 is 9.47 Å². The molecule has 0 saturated heterocycles. The van der Waals surface area contributed by atoms with Crippen LogP contribution in [0.2, 0.25) is 0 Å². The number of aromatic nitrogens is 2. The molecule has 0 spiro atoms. The lowest BCUT2D eigenvalue weighted by molar-refractivity contribution is 0.0357. The monoisotopic (exact) mass is 524 g/mol. The van der Waals surface area contributed by atoms with Crippen molar-refractivity contribution in [2.45, 2.75) is 18.1 Å². The summed E-state index contributed by atoms with van der Waals surface area (Å²) in [5, 5.41) is 2.23. The molecule has 0 radical (unpaired) electrons. The molecule has 4 nitrogen and oxygen atoms in total. The van der Waals surface area contributed by atoms with Crippen molar-refractivity contribution in [3.8, 4) is 5.75 Å². The third kappa shape index (κ3) is 4.18. The summed E-state index contributed by atoms with van der Waals surface area (Å²) in [7, 11) is 3.43. The van der Waals surface area contributed by atoms with Crippen LogP contribution < -0.4 is 4.74 Å². The Balaban J connectivity index is 1.55. The van der Waals surface area contributed by atoms with E-state index < -0.39 is 11.1 Å². The summed E-state index contributed by atoms with van der Waals surface area (Å²) in [6.45, 7) is 2.08. The normalized spacial score (nSPS) is 13.2. The molecule has 6 rings (SSSR count). The zero-order valence-corrected chi connectivity index (χ0v) is 23.0. The van der Waals surface area contributed by atoms with Crippen molar-refractivity contribution >= 4 is 10.8 Å². The van der Waals surface area contributed by atoms with E-state index in [1.165, 1.54) is 0 Å². The van der Waals surface area contributed by atoms with Crippen molar-refractivity contribution in [3.05, 3.63) is 168 Å². The molecule has 0 fully saturated rings. The lowest BCUT2D eigenvalue weighted by atomic mass is 9.76. The Bertz CT molecular complexity index is 1630. The van der Waals surface area contributed by atoms with Gasteiger partial charge in [-0.1, -0.05) is 109 Å². The van der Waals surface area contributed by atoms with E-state index >= 15 is 0 Å². The SMILES string of the molecule is COc1ccc2cc(C(C)(OC)c3cn(C(c4ccccc4)(c4ccccc4)c4ccccc4)cn3)ccc2c1. The van der Waals surface area contributed by atoms with E-state index in [9.17, 15) is 0 Å². The molecular formula is C36H32N2O2. The quantitative estimate of drug-likeness (QED) is 0.191. The second-order valence-corrected chi connectivity index (χ2v) is 10.1. The minimum Gasteiger partial charge on any atom is -0.497 e. The molecule has 0 bridgehead atoms. The predicted molar refractivity (Wildman–Crippen MR) is 161 cm³/mol. The number of hydrogen-bond donors (Lipinski definition) is 0. The van der Waals surface area contributed by atoms with Crippen molar-refractivity contribution in [2.24, 2.45) is 0 Å². The number of methoxy groups -OCH3 is 2. The molecule has 198 valence electrons. The van der Waals surface area contributed by atoms with Gasteiger partial charge in [-0.2, -0.15) is 0 Å². The van der Waals surface area contributed by atoms with E-state index in [-0.39, 0.29) is 0 Å². The summed E-state index contributed by atoms with van der Waals surface area (Å²) in [5.74, 6) is 0.840. The third-order valence-corrected chi connectivity index (χ3v) is 8.04. The van der Waals surface area contributed by atoms with Crippen molar-refractivity contribution in [3.63, 3.8) is 0 Å². The second-order valence-electron chi connectivity index (χ2n) is 10.1. The summed E-state index contributed by atoms with van der Waals surface area (Å²) in [6, 6.07) is 44.4. The standard InChI is InChI=1S/C36H32N2O2/c1-35(40-3,32-21-19-28-24-33(39-2)22-20-27(28)23-32)34-25-38(26-37-34)36(29-13-7-4-8-14-29,30-15-9-5-10-16-30)31-17-11-6-12-18-31/h4-26H,1-3H3. The lowest BCUT2D eigenvalue weighted by Crippen LogP contribution is -2.37. The maximum atomic E-state index is 6.25. The van der Waals surface area contributed by atoms with Crippen LogP contribution in [0.3, 0.4) is 0 Å². The third-order valence-electron chi connectivity index (χ3n) is 8.04. The first-order valence-electron chi connectivity index (χ1n) is 13.4. The highest BCUT2D eigenvalue weighted by atomic mass is 16.5. The summed E-state index contributed by atoms with van der Waals surface area (Å²) in [5.41, 5.74) is 3.90. The molecule has 0 aliphatic rings. The molecule has 1 atom stereocenters. The Morgan fingerprint density at radius 1 is 0.600 bits per heavy atom. The molecule has 0 aliphatic carbocycles. The largest absolute Gasteiger partial charge is 0.497 e. The molecule has 1 unspecified atom stereocenters. The lowest BCUT2D eigenvalue weighted by Gasteiger charge is -2.37. The fourth-order valence-electron chi connectivity index (χ4n) is 5.76. The van der Waals surface area contributed by atoms with Crippen LogP contribution in [0, 0.1) is 0 Å². The Morgan fingerprint density at radius 2 is 1.12 bits per heavy atom. The molecule has 0 aliphatic heterocycles. The van der Waals surface area contributed by atoms with E-state index in [2.05, 4.69) is 133 Å². The van der Waals surface area contributed by atoms with Gasteiger partial charge in [-0.05, 0) is 58.1 Å². The maximum absolute atomic E-state index is 6.25. The van der Waals surface area contributed by atoms with Gasteiger partial charge in [-0.15, -0.1) is 0 Å². The topological polar surface area (TPSA) is 36.3 Å². The minimum atomic E-state index is -0.769. The van der Waals surface area contributed by atoms with Crippen LogP contribution in [0.1, 0.15) is 34.9 Å². The molecule has 4 heteroatoms. The van der Waals surface area contributed by atoms with Crippen LogP contribution in [0.5, 0.6) is 5.75 Å². The molecule has 0 N–H and O–H groups in total. The van der Waals surface area contributed by atoms with Crippen molar-refractivity contribution in [1.29, 1.82) is 0 Å². The number of benzene rings is 5. The van der Waals surface area contributed by atoms with Gasteiger partial charge in [0, 0.05) is 13.3 Å². The number of nitrogens with zero attached hydrogens (tertiary/aromatic N) is 2. The highest BCUT2D eigenvalue weighted by Crippen LogP contribution is 2.42. The number of fused-ring (bicyclic) bond motifs is 1. The number of hydrogen-bond acceptors (Lipinski definition) is 3. The Labute approximate surface area is 235 Å². The number of imidazole rings is 1. The molecule has 1 aromatic heterocycles. The van der Waals surface area contributed by atoms with E-state index in [0.717, 1.165) is 44.5 Å². The molecular weight excluding hydrogens is 492 g/mol. The van der Waals surface area contributed by atoms with E-state index in [1.807, 2.05) is 18.5 Å². The molecule has 1 heterocycles. The van der Waals surface area contributed by atoms with Gasteiger partial charge < -0.3 is 14.0 Å². The van der Waals surface area contributed by atoms with Crippen molar-refractivity contribution in [1.82, 2.24) is 9.55 Å². The fraction of sp³-hybridized carbons (Fsp3) is 0.139.